The Balaban J connectivity index is 0.788. The van der Waals surface area contributed by atoms with E-state index in [0.29, 0.717) is 0 Å². The van der Waals surface area contributed by atoms with Crippen molar-refractivity contribution in [2.45, 2.75) is 10.8 Å². The van der Waals surface area contributed by atoms with Crippen LogP contribution in [0.4, 0.5) is 0 Å². The highest BCUT2D eigenvalue weighted by molar-refractivity contribution is 7.25. The molecule has 0 saturated heterocycles. The Kier molecular flexibility index (Phi) is 8.16. The van der Waals surface area contributed by atoms with E-state index < -0.39 is 10.8 Å². The van der Waals surface area contributed by atoms with Crippen LogP contribution in [0.1, 0.15) is 44.5 Å². The van der Waals surface area contributed by atoms with E-state index in [2.05, 4.69) is 276 Å². The molecule has 4 heteroatoms. The number of fused-ring (bicyclic) bond motifs is 30. The van der Waals surface area contributed by atoms with E-state index in [1.165, 1.54) is 137 Å². The Hall–Kier alpha value is -10.3. The maximum Gasteiger partial charge on any atom is 0.213 e. The number of benzene rings is 12. The van der Waals surface area contributed by atoms with Gasteiger partial charge in [0.2, 0.25) is 5.71 Å². The normalized spacial score (nSPS) is 14.3. The molecule has 82 heavy (non-hydrogen) atoms. The first-order valence-electron chi connectivity index (χ1n) is 28.5. The first kappa shape index (κ1) is 43.6. The van der Waals surface area contributed by atoms with E-state index in [1.807, 2.05) is 11.3 Å². The number of para-hydroxylation sites is 1. The van der Waals surface area contributed by atoms with Crippen molar-refractivity contribution < 1.29 is 4.42 Å². The molecule has 0 saturated carbocycles. The molecule has 4 heterocycles. The molecule has 0 bridgehead atoms. The standard InChI is InChI=1S/C78H44N2OS/c1-9-25-61-49(17-1)50-18-2-10-26-62(50)77(61)65-29-13-5-21-53(65)55-37-35-47(43-67(55)77)79-69-39-33-45(41-59(69)73-57-23-7-15-31-71(57)81-75(73)79)46-34-40-70-60(42-46)74-58-24-8-16-32-72(58)82-76(74)80(70)48-36-38-56-54-22-6-14-30-66(54)78(68(56)44-48)63-27-11-3-19-51(63)52-20-4-12-28-64(52)78/h1-44H. The number of furan rings is 1. The summed E-state index contributed by atoms with van der Waals surface area (Å²) in [6.07, 6.45) is 0. The van der Waals surface area contributed by atoms with E-state index in [4.69, 9.17) is 4.42 Å². The lowest BCUT2D eigenvalue weighted by Gasteiger charge is -2.30. The van der Waals surface area contributed by atoms with E-state index in [0.717, 1.165) is 38.8 Å². The van der Waals surface area contributed by atoms with Crippen molar-refractivity contribution in [2.24, 2.45) is 0 Å². The van der Waals surface area contributed by atoms with Gasteiger partial charge in [-0.1, -0.05) is 206 Å². The minimum absolute atomic E-state index is 0.434. The Morgan fingerprint density at radius 3 is 1.18 bits per heavy atom. The third kappa shape index (κ3) is 5.12. The first-order chi connectivity index (χ1) is 40.7. The summed E-state index contributed by atoms with van der Waals surface area (Å²) in [4.78, 5) is 1.26. The summed E-state index contributed by atoms with van der Waals surface area (Å²) in [5, 5.41) is 7.25. The summed E-state index contributed by atoms with van der Waals surface area (Å²) < 4.78 is 13.3. The number of hydrogen-bond acceptors (Lipinski definition) is 2. The molecule has 0 aliphatic heterocycles. The predicted octanol–water partition coefficient (Wildman–Crippen LogP) is 20.2. The van der Waals surface area contributed by atoms with Crippen molar-refractivity contribution in [3.8, 4) is 67.0 Å². The lowest BCUT2D eigenvalue weighted by molar-refractivity contribution is 0.645. The molecule has 4 aliphatic carbocycles. The van der Waals surface area contributed by atoms with Gasteiger partial charge in [-0.3, -0.25) is 4.57 Å². The molecule has 0 atom stereocenters. The Morgan fingerprint density at radius 2 is 0.683 bits per heavy atom. The molecule has 12 aromatic carbocycles. The second-order valence-electron chi connectivity index (χ2n) is 22.9. The predicted molar refractivity (Wildman–Crippen MR) is 338 cm³/mol. The van der Waals surface area contributed by atoms with Gasteiger partial charge in [-0.15, -0.1) is 11.3 Å². The first-order valence-corrected chi connectivity index (χ1v) is 29.3. The van der Waals surface area contributed by atoms with E-state index in [-0.39, 0.29) is 0 Å². The van der Waals surface area contributed by atoms with Crippen LogP contribution in [0.3, 0.4) is 0 Å². The molecule has 0 unspecified atom stereocenters. The van der Waals surface area contributed by atoms with Gasteiger partial charge in [0.1, 0.15) is 10.4 Å². The summed E-state index contributed by atoms with van der Waals surface area (Å²) in [5.41, 5.74) is 28.9. The molecule has 378 valence electrons. The lowest BCUT2D eigenvalue weighted by Crippen LogP contribution is -2.26. The summed E-state index contributed by atoms with van der Waals surface area (Å²) in [6, 6.07) is 101. The molecule has 0 fully saturated rings. The fourth-order valence-electron chi connectivity index (χ4n) is 16.3. The van der Waals surface area contributed by atoms with Gasteiger partial charge in [-0.05, 0) is 161 Å². The SMILES string of the molecule is c1ccc2c(c1)-c1ccccc1C21c2ccccc2-c2ccc(-n3c4ccc(-c5ccc6c(c5)c5c7ccccc7sc5n6-c5ccc6c(c5)C5(c7ccccc7-c7ccccc75)c5ccccc5-6)cc4c4c5ccccc5oc43)cc21. The quantitative estimate of drug-likeness (QED) is 0.173. The second kappa shape index (κ2) is 15.3. The zero-order chi connectivity index (χ0) is 53.2. The van der Waals surface area contributed by atoms with Gasteiger partial charge in [0, 0.05) is 43.0 Å². The number of rotatable bonds is 3. The van der Waals surface area contributed by atoms with Crippen LogP contribution in [0.2, 0.25) is 0 Å². The molecule has 16 aromatic rings. The van der Waals surface area contributed by atoms with E-state index >= 15 is 0 Å². The van der Waals surface area contributed by atoms with Gasteiger partial charge < -0.3 is 8.98 Å². The molecule has 3 nitrogen and oxygen atoms in total. The fraction of sp³-hybridized carbons (Fsp3) is 0.0256. The van der Waals surface area contributed by atoms with Crippen LogP contribution >= 0.6 is 11.3 Å². The third-order valence-electron chi connectivity index (χ3n) is 19.4. The minimum Gasteiger partial charge on any atom is -0.439 e. The van der Waals surface area contributed by atoms with Gasteiger partial charge in [-0.2, -0.15) is 0 Å². The van der Waals surface area contributed by atoms with Gasteiger partial charge in [0.25, 0.3) is 0 Å². The maximum atomic E-state index is 7.03. The van der Waals surface area contributed by atoms with Crippen molar-refractivity contribution in [3.63, 3.8) is 0 Å². The van der Waals surface area contributed by atoms with Crippen molar-refractivity contribution >= 4 is 75.5 Å². The van der Waals surface area contributed by atoms with Gasteiger partial charge >= 0.3 is 0 Å². The number of thiophene rings is 1. The maximum absolute atomic E-state index is 7.03. The van der Waals surface area contributed by atoms with Crippen molar-refractivity contribution in [3.05, 3.63) is 311 Å². The number of nitrogens with zero attached hydrogens (tertiary/aromatic N) is 2. The molecule has 4 aromatic heterocycles. The van der Waals surface area contributed by atoms with E-state index in [9.17, 15) is 0 Å². The molecule has 0 amide bonds. The van der Waals surface area contributed by atoms with Gasteiger partial charge in [0.05, 0.1) is 27.2 Å². The van der Waals surface area contributed by atoms with Gasteiger partial charge in [0.15, 0.2) is 0 Å². The average molecular weight is 1060 g/mol. The van der Waals surface area contributed by atoms with Gasteiger partial charge in [-0.25, -0.2) is 0 Å². The highest BCUT2D eigenvalue weighted by Gasteiger charge is 2.53. The van der Waals surface area contributed by atoms with Crippen molar-refractivity contribution in [1.29, 1.82) is 0 Å². The van der Waals surface area contributed by atoms with Crippen LogP contribution in [0, 0.1) is 0 Å². The topological polar surface area (TPSA) is 23.0 Å². The highest BCUT2D eigenvalue weighted by atomic mass is 32.1. The molecular weight excluding hydrogens is 1010 g/mol. The molecule has 20 rings (SSSR count). The number of aromatic nitrogens is 2. The van der Waals surface area contributed by atoms with E-state index in [1.54, 1.807) is 0 Å². The summed E-state index contributed by atoms with van der Waals surface area (Å²) >= 11 is 1.89. The largest absolute Gasteiger partial charge is 0.439 e. The third-order valence-corrected chi connectivity index (χ3v) is 20.5. The zero-order valence-corrected chi connectivity index (χ0v) is 44.9. The minimum atomic E-state index is -0.460. The monoisotopic (exact) mass is 1060 g/mol. The molecule has 0 N–H and O–H groups in total. The van der Waals surface area contributed by atoms with Crippen LogP contribution in [-0.2, 0) is 10.8 Å². The van der Waals surface area contributed by atoms with Crippen LogP contribution in [-0.4, -0.2) is 9.13 Å². The lowest BCUT2D eigenvalue weighted by atomic mass is 9.70. The molecular formula is C78H44N2OS. The van der Waals surface area contributed by atoms with Crippen molar-refractivity contribution in [2.75, 3.05) is 0 Å². The second-order valence-corrected chi connectivity index (χ2v) is 24.0. The van der Waals surface area contributed by atoms with Crippen LogP contribution in [0.5, 0.6) is 0 Å². The van der Waals surface area contributed by atoms with Crippen LogP contribution in [0.15, 0.2) is 271 Å². The molecule has 0 radical (unpaired) electrons. The molecule has 4 aliphatic rings. The van der Waals surface area contributed by atoms with Crippen molar-refractivity contribution in [1.82, 2.24) is 9.13 Å². The Bertz CT molecular complexity index is 5090. The summed E-state index contributed by atoms with van der Waals surface area (Å²) in [5.74, 6) is 0. The Morgan fingerprint density at radius 1 is 0.293 bits per heavy atom. The average Bonchev–Trinajstić information content (AvgIpc) is 2.42. The Labute approximate surface area is 475 Å². The van der Waals surface area contributed by atoms with Crippen LogP contribution in [0.25, 0.3) is 131 Å². The summed E-state index contributed by atoms with van der Waals surface area (Å²) in [7, 11) is 0. The fourth-order valence-corrected chi connectivity index (χ4v) is 17.5. The smallest absolute Gasteiger partial charge is 0.213 e. The summed E-state index contributed by atoms with van der Waals surface area (Å²) in [6.45, 7) is 0. The number of hydrogen-bond donors (Lipinski definition) is 0. The highest BCUT2D eigenvalue weighted by Crippen LogP contribution is 2.65. The zero-order valence-electron chi connectivity index (χ0n) is 44.1. The molecule has 2 spiro atoms. The van der Waals surface area contributed by atoms with Crippen LogP contribution < -0.4 is 0 Å².